The zero-order chi connectivity index (χ0) is 23.2. The van der Waals surface area contributed by atoms with Crippen LogP contribution in [0.2, 0.25) is 0 Å². The van der Waals surface area contributed by atoms with E-state index >= 15 is 0 Å². The third-order valence-corrected chi connectivity index (χ3v) is 6.27. The lowest BCUT2D eigenvalue weighted by Gasteiger charge is -2.28. The second kappa shape index (κ2) is 10.5. The van der Waals surface area contributed by atoms with Crippen molar-refractivity contribution in [2.24, 2.45) is 0 Å². The van der Waals surface area contributed by atoms with Gasteiger partial charge in [-0.1, -0.05) is 73.7 Å². The molecule has 0 unspecified atom stereocenters. The lowest BCUT2D eigenvalue weighted by molar-refractivity contribution is 0.392. The molecule has 1 aromatic heterocycles. The molecule has 5 heteroatoms. The fourth-order valence-electron chi connectivity index (χ4n) is 3.95. The van der Waals surface area contributed by atoms with E-state index in [0.717, 1.165) is 28.5 Å². The summed E-state index contributed by atoms with van der Waals surface area (Å²) in [5.74, 6) is 0. The Kier molecular flexibility index (Phi) is 7.20. The van der Waals surface area contributed by atoms with Gasteiger partial charge in [0.15, 0.2) is 5.11 Å². The molecule has 2 N–H and O–H groups in total. The van der Waals surface area contributed by atoms with Gasteiger partial charge in [-0.15, -0.1) is 0 Å². The van der Waals surface area contributed by atoms with E-state index in [1.807, 2.05) is 48.5 Å². The Morgan fingerprint density at radius 3 is 2.33 bits per heavy atom. The van der Waals surface area contributed by atoms with Crippen molar-refractivity contribution < 1.29 is 0 Å². The van der Waals surface area contributed by atoms with Gasteiger partial charge in [0.1, 0.15) is 0 Å². The molecular weight excluding hydrogens is 426 g/mol. The molecule has 0 spiro atoms. The Morgan fingerprint density at radius 1 is 0.939 bits per heavy atom. The van der Waals surface area contributed by atoms with Crippen LogP contribution in [-0.2, 0) is 19.5 Å². The lowest BCUT2D eigenvalue weighted by atomic mass is 10.1. The smallest absolute Gasteiger partial charge is 0.253 e. The van der Waals surface area contributed by atoms with E-state index in [2.05, 4.69) is 65.4 Å². The maximum absolute atomic E-state index is 12.9. The van der Waals surface area contributed by atoms with Gasteiger partial charge in [0.05, 0.1) is 12.6 Å². The fourth-order valence-corrected chi connectivity index (χ4v) is 4.26. The van der Waals surface area contributed by atoms with E-state index in [9.17, 15) is 4.79 Å². The van der Waals surface area contributed by atoms with Crippen LogP contribution in [0.15, 0.2) is 89.7 Å². The van der Waals surface area contributed by atoms with Crippen molar-refractivity contribution >= 4 is 28.2 Å². The molecule has 0 bridgehead atoms. The van der Waals surface area contributed by atoms with Gasteiger partial charge in [0.2, 0.25) is 0 Å². The van der Waals surface area contributed by atoms with Gasteiger partial charge in [0.25, 0.3) is 5.56 Å². The average Bonchev–Trinajstić information content (AvgIpc) is 2.84. The maximum atomic E-state index is 12.9. The molecule has 0 aliphatic carbocycles. The second-order valence-corrected chi connectivity index (χ2v) is 8.71. The predicted molar refractivity (Wildman–Crippen MR) is 140 cm³/mol. The topological polar surface area (TPSA) is 48.1 Å². The van der Waals surface area contributed by atoms with Crippen LogP contribution in [0.4, 0.5) is 0 Å². The summed E-state index contributed by atoms with van der Waals surface area (Å²) < 4.78 is 0. The highest BCUT2D eigenvalue weighted by Crippen LogP contribution is 2.17. The molecule has 0 radical (unpaired) electrons. The number of H-pyrrole nitrogens is 1. The predicted octanol–water partition coefficient (Wildman–Crippen LogP) is 5.73. The van der Waals surface area contributed by atoms with E-state index < -0.39 is 0 Å². The molecule has 4 aromatic rings. The Balaban J connectivity index is 1.62. The summed E-state index contributed by atoms with van der Waals surface area (Å²) in [6.07, 6.45) is 0.954. The molecule has 4 nitrogen and oxygen atoms in total. The van der Waals surface area contributed by atoms with Gasteiger partial charge in [-0.3, -0.25) is 4.79 Å². The number of benzene rings is 3. The number of aromatic amines is 1. The molecule has 0 saturated carbocycles. The van der Waals surface area contributed by atoms with E-state index in [1.165, 1.54) is 5.56 Å². The fraction of sp³-hybridized carbons (Fsp3) is 0.214. The molecule has 1 atom stereocenters. The van der Waals surface area contributed by atoms with Crippen molar-refractivity contribution in [1.82, 2.24) is 15.2 Å². The van der Waals surface area contributed by atoms with Crippen molar-refractivity contribution in [3.05, 3.63) is 118 Å². The van der Waals surface area contributed by atoms with Crippen LogP contribution < -0.4 is 10.9 Å². The van der Waals surface area contributed by atoms with Crippen LogP contribution in [0.1, 0.15) is 42.1 Å². The highest BCUT2D eigenvalue weighted by atomic mass is 32.1. The highest BCUT2D eigenvalue weighted by Gasteiger charge is 2.16. The number of nitrogens with zero attached hydrogens (tertiary/aromatic N) is 1. The Bertz CT molecular complexity index is 1290. The minimum atomic E-state index is -0.0799. The molecule has 0 saturated heterocycles. The molecule has 3 aromatic carbocycles. The third kappa shape index (κ3) is 5.68. The summed E-state index contributed by atoms with van der Waals surface area (Å²) in [5.41, 5.74) is 5.02. The third-order valence-electron chi connectivity index (χ3n) is 5.90. The minimum absolute atomic E-state index is 0.0546. The first-order chi connectivity index (χ1) is 16.0. The SMILES string of the molecule is CCc1ccc2[nH]c(=O)c(CN(Cc3ccccc3)C(=S)N[C@H](C)c3ccccc3)cc2c1. The summed E-state index contributed by atoms with van der Waals surface area (Å²) in [6.45, 7) is 5.26. The van der Waals surface area contributed by atoms with Crippen LogP contribution in [0.5, 0.6) is 0 Å². The van der Waals surface area contributed by atoms with Crippen molar-refractivity contribution in [2.45, 2.75) is 39.4 Å². The van der Waals surface area contributed by atoms with E-state index in [-0.39, 0.29) is 11.6 Å². The first kappa shape index (κ1) is 22.7. The molecule has 4 rings (SSSR count). The summed E-state index contributed by atoms with van der Waals surface area (Å²) >= 11 is 5.83. The maximum Gasteiger partial charge on any atom is 0.253 e. The van der Waals surface area contributed by atoms with E-state index in [1.54, 1.807) is 0 Å². The number of thiocarbonyl (C=S) groups is 1. The number of nitrogens with one attached hydrogen (secondary N) is 2. The first-order valence-corrected chi connectivity index (χ1v) is 11.7. The zero-order valence-corrected chi connectivity index (χ0v) is 19.9. The number of hydrogen-bond donors (Lipinski definition) is 2. The van der Waals surface area contributed by atoms with E-state index in [4.69, 9.17) is 12.2 Å². The van der Waals surface area contributed by atoms with Gasteiger partial charge < -0.3 is 15.2 Å². The summed E-state index contributed by atoms with van der Waals surface area (Å²) in [6, 6.07) is 28.7. The van der Waals surface area contributed by atoms with Crippen molar-refractivity contribution in [2.75, 3.05) is 0 Å². The molecule has 0 aliphatic heterocycles. The number of fused-ring (bicyclic) bond motifs is 1. The van der Waals surface area contributed by atoms with Crippen LogP contribution in [0.3, 0.4) is 0 Å². The number of pyridine rings is 1. The van der Waals surface area contributed by atoms with Crippen molar-refractivity contribution in [3.63, 3.8) is 0 Å². The molecule has 0 aliphatic rings. The van der Waals surface area contributed by atoms with Crippen molar-refractivity contribution in [3.8, 4) is 0 Å². The number of hydrogen-bond acceptors (Lipinski definition) is 2. The normalized spacial score (nSPS) is 11.8. The quantitative estimate of drug-likeness (QED) is 0.350. The molecular formula is C28H29N3OS. The zero-order valence-electron chi connectivity index (χ0n) is 19.0. The molecule has 0 fully saturated rings. The monoisotopic (exact) mass is 455 g/mol. The van der Waals surface area contributed by atoms with Crippen LogP contribution in [0.25, 0.3) is 10.9 Å². The summed E-state index contributed by atoms with van der Waals surface area (Å²) in [5, 5.41) is 5.12. The molecule has 0 amide bonds. The van der Waals surface area contributed by atoms with Crippen LogP contribution in [0, 0.1) is 0 Å². The Morgan fingerprint density at radius 2 is 1.64 bits per heavy atom. The van der Waals surface area contributed by atoms with Gasteiger partial charge in [-0.25, -0.2) is 0 Å². The molecule has 168 valence electrons. The lowest BCUT2D eigenvalue weighted by Crippen LogP contribution is -2.41. The van der Waals surface area contributed by atoms with Crippen molar-refractivity contribution in [1.29, 1.82) is 0 Å². The molecule has 33 heavy (non-hydrogen) atoms. The van der Waals surface area contributed by atoms with E-state index in [0.29, 0.717) is 23.8 Å². The summed E-state index contributed by atoms with van der Waals surface area (Å²) in [4.78, 5) is 18.0. The number of rotatable bonds is 7. The van der Waals surface area contributed by atoms with Gasteiger partial charge in [0, 0.05) is 17.6 Å². The second-order valence-electron chi connectivity index (χ2n) is 8.32. The average molecular weight is 456 g/mol. The van der Waals surface area contributed by atoms with Gasteiger partial charge >= 0.3 is 0 Å². The highest BCUT2D eigenvalue weighted by molar-refractivity contribution is 7.80. The Hall–Kier alpha value is -3.44. The van der Waals surface area contributed by atoms with Gasteiger partial charge in [-0.05, 0) is 65.8 Å². The van der Waals surface area contributed by atoms with Gasteiger partial charge in [-0.2, -0.15) is 0 Å². The Labute approximate surface area is 200 Å². The van der Waals surface area contributed by atoms with Crippen LogP contribution >= 0.6 is 12.2 Å². The first-order valence-electron chi connectivity index (χ1n) is 11.3. The summed E-state index contributed by atoms with van der Waals surface area (Å²) in [7, 11) is 0. The number of aromatic nitrogens is 1. The van der Waals surface area contributed by atoms with Crippen LogP contribution in [-0.4, -0.2) is 15.0 Å². The molecule has 1 heterocycles. The minimum Gasteiger partial charge on any atom is -0.356 e. The largest absolute Gasteiger partial charge is 0.356 e. The number of aryl methyl sites for hydroxylation is 1. The standard InChI is InChI=1S/C28H29N3OS/c1-3-21-14-15-26-24(16-21)17-25(27(32)30-26)19-31(18-22-10-6-4-7-11-22)28(33)29-20(2)23-12-8-5-9-13-23/h4-17,20H,3,18-19H2,1-2H3,(H,29,33)(H,30,32)/t20-/m1/s1.